The molecule has 0 aromatic heterocycles. The Kier molecular flexibility index (Phi) is 3.47. The Bertz CT molecular complexity index is 312. The molecular formula is C10H14BrNO. The SMILES string of the molecule is Cc1ccc(C)c(C(N)CO)c1Br. The van der Waals surface area contributed by atoms with Gasteiger partial charge in [0, 0.05) is 4.47 Å². The second kappa shape index (κ2) is 4.22. The molecule has 1 aromatic rings. The molecule has 0 amide bonds. The van der Waals surface area contributed by atoms with Gasteiger partial charge < -0.3 is 10.8 Å². The molecule has 3 N–H and O–H groups in total. The maximum absolute atomic E-state index is 8.98. The zero-order valence-corrected chi connectivity index (χ0v) is 9.43. The summed E-state index contributed by atoms with van der Waals surface area (Å²) in [5.41, 5.74) is 9.04. The van der Waals surface area contributed by atoms with Crippen LogP contribution in [0.3, 0.4) is 0 Å². The van der Waals surface area contributed by atoms with Crippen LogP contribution in [0, 0.1) is 13.8 Å². The molecule has 0 fully saturated rings. The van der Waals surface area contributed by atoms with E-state index in [-0.39, 0.29) is 12.6 Å². The zero-order chi connectivity index (χ0) is 10.0. The van der Waals surface area contributed by atoms with E-state index in [0.29, 0.717) is 0 Å². The number of benzene rings is 1. The summed E-state index contributed by atoms with van der Waals surface area (Å²) in [6.45, 7) is 3.98. The Morgan fingerprint density at radius 1 is 1.38 bits per heavy atom. The van der Waals surface area contributed by atoms with E-state index in [2.05, 4.69) is 15.9 Å². The van der Waals surface area contributed by atoms with Gasteiger partial charge in [0.15, 0.2) is 0 Å². The van der Waals surface area contributed by atoms with Gasteiger partial charge in [0.05, 0.1) is 12.6 Å². The molecular weight excluding hydrogens is 230 g/mol. The molecule has 0 saturated carbocycles. The van der Waals surface area contributed by atoms with Crippen molar-refractivity contribution in [1.29, 1.82) is 0 Å². The van der Waals surface area contributed by atoms with Crippen molar-refractivity contribution in [2.75, 3.05) is 6.61 Å². The standard InChI is InChI=1S/C10H14BrNO/c1-6-3-4-7(2)10(11)9(6)8(12)5-13/h3-4,8,13H,5,12H2,1-2H3. The van der Waals surface area contributed by atoms with Crippen molar-refractivity contribution >= 4 is 15.9 Å². The van der Waals surface area contributed by atoms with E-state index in [9.17, 15) is 0 Å². The highest BCUT2D eigenvalue weighted by molar-refractivity contribution is 9.10. The molecule has 0 aliphatic carbocycles. The minimum absolute atomic E-state index is 0.0249. The van der Waals surface area contributed by atoms with Crippen LogP contribution in [0.4, 0.5) is 0 Å². The summed E-state index contributed by atoms with van der Waals surface area (Å²) in [6, 6.07) is 3.76. The number of aliphatic hydroxyl groups excluding tert-OH is 1. The molecule has 0 radical (unpaired) electrons. The second-order valence-electron chi connectivity index (χ2n) is 3.22. The third-order valence-corrected chi connectivity index (χ3v) is 3.21. The second-order valence-corrected chi connectivity index (χ2v) is 4.01. The predicted molar refractivity (Wildman–Crippen MR) is 57.6 cm³/mol. The highest BCUT2D eigenvalue weighted by Crippen LogP contribution is 2.28. The van der Waals surface area contributed by atoms with Crippen LogP contribution in [0.5, 0.6) is 0 Å². The summed E-state index contributed by atoms with van der Waals surface area (Å²) in [5.74, 6) is 0. The Morgan fingerprint density at radius 3 is 2.46 bits per heavy atom. The zero-order valence-electron chi connectivity index (χ0n) is 7.84. The summed E-state index contributed by atoms with van der Waals surface area (Å²) in [4.78, 5) is 0. The number of nitrogens with two attached hydrogens (primary N) is 1. The predicted octanol–water partition coefficient (Wildman–Crippen LogP) is 2.06. The minimum atomic E-state index is -0.297. The number of hydrogen-bond acceptors (Lipinski definition) is 2. The normalized spacial score (nSPS) is 13.0. The van der Waals surface area contributed by atoms with Gasteiger partial charge in [0.1, 0.15) is 0 Å². The minimum Gasteiger partial charge on any atom is -0.394 e. The summed E-state index contributed by atoms with van der Waals surface area (Å²) in [6.07, 6.45) is 0. The van der Waals surface area contributed by atoms with Gasteiger partial charge >= 0.3 is 0 Å². The van der Waals surface area contributed by atoms with Gasteiger partial charge in [-0.1, -0.05) is 28.1 Å². The van der Waals surface area contributed by atoms with Crippen molar-refractivity contribution < 1.29 is 5.11 Å². The van der Waals surface area contributed by atoms with E-state index in [4.69, 9.17) is 10.8 Å². The van der Waals surface area contributed by atoms with Crippen LogP contribution in [0.1, 0.15) is 22.7 Å². The van der Waals surface area contributed by atoms with Crippen molar-refractivity contribution in [3.05, 3.63) is 33.3 Å². The van der Waals surface area contributed by atoms with Gasteiger partial charge in [0.2, 0.25) is 0 Å². The Labute approximate surface area is 86.9 Å². The molecule has 3 heteroatoms. The van der Waals surface area contributed by atoms with E-state index in [0.717, 1.165) is 21.2 Å². The van der Waals surface area contributed by atoms with Crippen molar-refractivity contribution in [1.82, 2.24) is 0 Å². The average molecular weight is 244 g/mol. The quantitative estimate of drug-likeness (QED) is 0.836. The first-order valence-electron chi connectivity index (χ1n) is 4.20. The highest BCUT2D eigenvalue weighted by atomic mass is 79.9. The fourth-order valence-electron chi connectivity index (χ4n) is 1.34. The lowest BCUT2D eigenvalue weighted by Gasteiger charge is -2.15. The third kappa shape index (κ3) is 2.10. The molecule has 0 bridgehead atoms. The molecule has 0 aliphatic rings. The highest BCUT2D eigenvalue weighted by Gasteiger charge is 2.12. The molecule has 1 atom stereocenters. The van der Waals surface area contributed by atoms with Crippen LogP contribution in [0.25, 0.3) is 0 Å². The van der Waals surface area contributed by atoms with Crippen molar-refractivity contribution in [2.45, 2.75) is 19.9 Å². The van der Waals surface area contributed by atoms with Crippen LogP contribution >= 0.6 is 15.9 Å². The van der Waals surface area contributed by atoms with Gasteiger partial charge in [0.25, 0.3) is 0 Å². The lowest BCUT2D eigenvalue weighted by Crippen LogP contribution is -2.16. The first-order chi connectivity index (χ1) is 6.07. The molecule has 2 nitrogen and oxygen atoms in total. The molecule has 1 aromatic carbocycles. The molecule has 0 saturated heterocycles. The summed E-state index contributed by atoms with van der Waals surface area (Å²) in [7, 11) is 0. The molecule has 13 heavy (non-hydrogen) atoms. The average Bonchev–Trinajstić information content (AvgIpc) is 2.12. The topological polar surface area (TPSA) is 46.2 Å². The largest absolute Gasteiger partial charge is 0.394 e. The van der Waals surface area contributed by atoms with E-state index >= 15 is 0 Å². The number of aryl methyl sites for hydroxylation is 2. The lowest BCUT2D eigenvalue weighted by molar-refractivity contribution is 0.267. The summed E-state index contributed by atoms with van der Waals surface area (Å²) < 4.78 is 1.01. The van der Waals surface area contributed by atoms with E-state index in [1.165, 1.54) is 0 Å². The number of hydrogen-bond donors (Lipinski definition) is 2. The third-order valence-electron chi connectivity index (χ3n) is 2.16. The summed E-state index contributed by atoms with van der Waals surface area (Å²) >= 11 is 3.48. The number of rotatable bonds is 2. The van der Waals surface area contributed by atoms with Gasteiger partial charge in [-0.2, -0.15) is 0 Å². The Balaban J connectivity index is 3.25. The van der Waals surface area contributed by atoms with Crippen molar-refractivity contribution in [2.24, 2.45) is 5.73 Å². The van der Waals surface area contributed by atoms with Gasteiger partial charge in [-0.3, -0.25) is 0 Å². The van der Waals surface area contributed by atoms with Gasteiger partial charge in [-0.15, -0.1) is 0 Å². The maximum atomic E-state index is 8.98. The van der Waals surface area contributed by atoms with Crippen LogP contribution in [-0.4, -0.2) is 11.7 Å². The monoisotopic (exact) mass is 243 g/mol. The molecule has 0 heterocycles. The van der Waals surface area contributed by atoms with E-state index in [1.54, 1.807) is 0 Å². The fourth-order valence-corrected chi connectivity index (χ4v) is 2.08. The molecule has 1 rings (SSSR count). The smallest absolute Gasteiger partial charge is 0.0624 e. The van der Waals surface area contributed by atoms with Crippen LogP contribution in [0.15, 0.2) is 16.6 Å². The van der Waals surface area contributed by atoms with E-state index in [1.807, 2.05) is 26.0 Å². The number of aliphatic hydroxyl groups is 1. The Hall–Kier alpha value is -0.380. The van der Waals surface area contributed by atoms with Gasteiger partial charge in [-0.25, -0.2) is 0 Å². The van der Waals surface area contributed by atoms with Gasteiger partial charge in [-0.05, 0) is 30.5 Å². The van der Waals surface area contributed by atoms with Crippen molar-refractivity contribution in [3.8, 4) is 0 Å². The Morgan fingerprint density at radius 2 is 1.92 bits per heavy atom. The molecule has 1 unspecified atom stereocenters. The number of halogens is 1. The van der Waals surface area contributed by atoms with Crippen LogP contribution in [-0.2, 0) is 0 Å². The molecule has 72 valence electrons. The first kappa shape index (κ1) is 10.7. The van der Waals surface area contributed by atoms with Crippen molar-refractivity contribution in [3.63, 3.8) is 0 Å². The first-order valence-corrected chi connectivity index (χ1v) is 4.99. The van der Waals surface area contributed by atoms with E-state index < -0.39 is 0 Å². The fraction of sp³-hybridized carbons (Fsp3) is 0.400. The van der Waals surface area contributed by atoms with Crippen LogP contribution < -0.4 is 5.73 Å². The summed E-state index contributed by atoms with van der Waals surface area (Å²) in [5, 5.41) is 8.98. The lowest BCUT2D eigenvalue weighted by atomic mass is 10.00. The van der Waals surface area contributed by atoms with Crippen LogP contribution in [0.2, 0.25) is 0 Å². The molecule has 0 spiro atoms. The maximum Gasteiger partial charge on any atom is 0.0624 e. The molecule has 0 aliphatic heterocycles.